The van der Waals surface area contributed by atoms with Gasteiger partial charge in [0.1, 0.15) is 18.2 Å². The van der Waals surface area contributed by atoms with Crippen molar-refractivity contribution in [2.75, 3.05) is 25.1 Å². The lowest BCUT2D eigenvalue weighted by atomic mass is 10.2. The highest BCUT2D eigenvalue weighted by Crippen LogP contribution is 2.40. The standard InChI is InChI=1S/C19H19F3N2O4S2/c1-4-27-18(25)15-9-12-8-13(28-19(20,21)22)10-14(17(12)24(15)11-26-3)23(2)30-16-6-5-7-29-16/h5-10H,4,11H2,1-3H3. The molecule has 0 atom stereocenters. The third-order valence-electron chi connectivity index (χ3n) is 3.98. The van der Waals surface area contributed by atoms with Crippen LogP contribution in [0.1, 0.15) is 17.4 Å². The van der Waals surface area contributed by atoms with Gasteiger partial charge in [0.15, 0.2) is 0 Å². The monoisotopic (exact) mass is 460 g/mol. The Morgan fingerprint density at radius 1 is 1.30 bits per heavy atom. The number of carbonyl (C=O) groups excluding carboxylic acids is 1. The van der Waals surface area contributed by atoms with E-state index in [1.54, 1.807) is 22.8 Å². The molecule has 0 fully saturated rings. The van der Waals surface area contributed by atoms with Crippen molar-refractivity contribution in [1.29, 1.82) is 0 Å². The molecule has 0 aliphatic carbocycles. The highest BCUT2D eigenvalue weighted by atomic mass is 32.2. The third kappa shape index (κ3) is 5.02. The van der Waals surface area contributed by atoms with Crippen molar-refractivity contribution in [3.63, 3.8) is 0 Å². The van der Waals surface area contributed by atoms with E-state index in [0.29, 0.717) is 16.6 Å². The van der Waals surface area contributed by atoms with Gasteiger partial charge < -0.3 is 23.1 Å². The predicted molar refractivity (Wildman–Crippen MR) is 110 cm³/mol. The lowest BCUT2D eigenvalue weighted by molar-refractivity contribution is -0.274. The maximum atomic E-state index is 12.9. The first-order chi connectivity index (χ1) is 14.2. The molecule has 0 N–H and O–H groups in total. The summed E-state index contributed by atoms with van der Waals surface area (Å²) in [5, 5.41) is 2.30. The number of methoxy groups -OCH3 is 1. The summed E-state index contributed by atoms with van der Waals surface area (Å²) in [6, 6.07) is 7.79. The molecule has 0 spiro atoms. The summed E-state index contributed by atoms with van der Waals surface area (Å²) < 4.78 is 57.4. The van der Waals surface area contributed by atoms with Crippen LogP contribution in [-0.2, 0) is 16.2 Å². The molecule has 0 saturated carbocycles. The van der Waals surface area contributed by atoms with Crippen LogP contribution >= 0.6 is 23.3 Å². The van der Waals surface area contributed by atoms with Crippen LogP contribution in [0, 0.1) is 0 Å². The number of carbonyl (C=O) groups is 1. The first-order valence-electron chi connectivity index (χ1n) is 8.77. The fraction of sp³-hybridized carbons (Fsp3) is 0.316. The molecule has 1 aromatic carbocycles. The number of rotatable bonds is 8. The number of benzene rings is 1. The Kier molecular flexibility index (Phi) is 6.84. The maximum absolute atomic E-state index is 12.9. The third-order valence-corrected chi connectivity index (χ3v) is 5.94. The Hall–Kier alpha value is -2.37. The van der Waals surface area contributed by atoms with Crippen LogP contribution in [0.2, 0.25) is 0 Å². The zero-order valence-corrected chi connectivity index (χ0v) is 18.0. The molecule has 0 aliphatic heterocycles. The van der Waals surface area contributed by atoms with Crippen molar-refractivity contribution in [3.8, 4) is 5.75 Å². The Morgan fingerprint density at radius 3 is 2.67 bits per heavy atom. The van der Waals surface area contributed by atoms with Gasteiger partial charge in [0, 0.05) is 25.6 Å². The summed E-state index contributed by atoms with van der Waals surface area (Å²) in [6.45, 7) is 1.85. The van der Waals surface area contributed by atoms with E-state index in [1.165, 1.54) is 48.6 Å². The SMILES string of the molecule is CCOC(=O)c1cc2cc(OC(F)(F)F)cc(N(C)Sc3cccs3)c2n1COC. The predicted octanol–water partition coefficient (Wildman–Crippen LogP) is 5.53. The molecule has 0 unspecified atom stereocenters. The van der Waals surface area contributed by atoms with Gasteiger partial charge in [-0.1, -0.05) is 6.07 Å². The van der Waals surface area contributed by atoms with Crippen LogP contribution in [0.25, 0.3) is 10.9 Å². The van der Waals surface area contributed by atoms with E-state index in [9.17, 15) is 18.0 Å². The average molecular weight is 460 g/mol. The minimum atomic E-state index is -4.84. The summed E-state index contributed by atoms with van der Waals surface area (Å²) in [7, 11) is 3.19. The summed E-state index contributed by atoms with van der Waals surface area (Å²) >= 11 is 2.85. The quantitative estimate of drug-likeness (QED) is 0.326. The molecular weight excluding hydrogens is 441 g/mol. The zero-order valence-electron chi connectivity index (χ0n) is 16.4. The molecule has 0 bridgehead atoms. The number of alkyl halides is 3. The number of anilines is 1. The number of thiophene rings is 1. The van der Waals surface area contributed by atoms with Crippen molar-refractivity contribution in [2.45, 2.75) is 24.2 Å². The molecule has 0 radical (unpaired) electrons. The molecule has 0 saturated heterocycles. The number of esters is 1. The second kappa shape index (κ2) is 9.19. The van der Waals surface area contributed by atoms with Crippen molar-refractivity contribution in [2.24, 2.45) is 0 Å². The first-order valence-corrected chi connectivity index (χ1v) is 10.4. The number of fused-ring (bicyclic) bond motifs is 1. The molecule has 3 rings (SSSR count). The van der Waals surface area contributed by atoms with Crippen LogP contribution in [0.4, 0.5) is 18.9 Å². The molecule has 0 aliphatic rings. The van der Waals surface area contributed by atoms with Gasteiger partial charge >= 0.3 is 12.3 Å². The van der Waals surface area contributed by atoms with E-state index in [2.05, 4.69) is 4.74 Å². The highest BCUT2D eigenvalue weighted by molar-refractivity contribution is 8.02. The summed E-state index contributed by atoms with van der Waals surface area (Å²) in [4.78, 5) is 12.4. The van der Waals surface area contributed by atoms with Gasteiger partial charge in [-0.25, -0.2) is 4.79 Å². The largest absolute Gasteiger partial charge is 0.573 e. The smallest absolute Gasteiger partial charge is 0.461 e. The number of nitrogens with zero attached hydrogens (tertiary/aromatic N) is 2. The van der Waals surface area contributed by atoms with Gasteiger partial charge in [-0.3, -0.25) is 0 Å². The van der Waals surface area contributed by atoms with Crippen LogP contribution in [0.3, 0.4) is 0 Å². The second-order valence-corrected chi connectivity index (χ2v) is 8.42. The molecular formula is C19H19F3N2O4S2. The highest BCUT2D eigenvalue weighted by Gasteiger charge is 2.32. The molecule has 2 aromatic heterocycles. The van der Waals surface area contributed by atoms with E-state index in [-0.39, 0.29) is 24.8 Å². The Bertz CT molecular complexity index is 1020. The number of hydrogen-bond acceptors (Lipinski definition) is 7. The normalized spacial score (nSPS) is 11.7. The second-order valence-electron chi connectivity index (χ2n) is 6.04. The van der Waals surface area contributed by atoms with Gasteiger partial charge in [0.25, 0.3) is 0 Å². The molecule has 2 heterocycles. The topological polar surface area (TPSA) is 52.9 Å². The van der Waals surface area contributed by atoms with E-state index in [4.69, 9.17) is 9.47 Å². The van der Waals surface area contributed by atoms with Gasteiger partial charge in [-0.05, 0) is 42.5 Å². The minimum Gasteiger partial charge on any atom is -0.461 e. The van der Waals surface area contributed by atoms with Crippen molar-refractivity contribution in [1.82, 2.24) is 4.57 Å². The van der Waals surface area contributed by atoms with Gasteiger partial charge in [-0.15, -0.1) is 24.5 Å². The summed E-state index contributed by atoms with van der Waals surface area (Å²) in [5.74, 6) is -0.975. The van der Waals surface area contributed by atoms with E-state index >= 15 is 0 Å². The van der Waals surface area contributed by atoms with Crippen molar-refractivity contribution in [3.05, 3.63) is 41.4 Å². The molecule has 30 heavy (non-hydrogen) atoms. The van der Waals surface area contributed by atoms with Gasteiger partial charge in [-0.2, -0.15) is 0 Å². The molecule has 162 valence electrons. The molecule has 11 heteroatoms. The lowest BCUT2D eigenvalue weighted by Crippen LogP contribution is -2.18. The van der Waals surface area contributed by atoms with Crippen molar-refractivity contribution >= 4 is 45.8 Å². The van der Waals surface area contributed by atoms with Gasteiger partial charge in [0.2, 0.25) is 0 Å². The fourth-order valence-corrected chi connectivity index (χ4v) is 4.70. The van der Waals surface area contributed by atoms with E-state index in [0.717, 1.165) is 4.21 Å². The maximum Gasteiger partial charge on any atom is 0.573 e. The molecule has 0 amide bonds. The average Bonchev–Trinajstić information content (AvgIpc) is 3.28. The van der Waals surface area contributed by atoms with Crippen LogP contribution in [-0.4, -0.2) is 37.7 Å². The minimum absolute atomic E-state index is 0.0155. The number of halogens is 3. The Labute approximate surface area is 179 Å². The Morgan fingerprint density at radius 2 is 2.07 bits per heavy atom. The fourth-order valence-electron chi connectivity index (χ4n) is 2.93. The lowest BCUT2D eigenvalue weighted by Gasteiger charge is -2.21. The molecule has 3 aromatic rings. The van der Waals surface area contributed by atoms with Crippen LogP contribution < -0.4 is 9.04 Å². The van der Waals surface area contributed by atoms with E-state index in [1.807, 2.05) is 17.5 Å². The number of aromatic nitrogens is 1. The Balaban J connectivity index is 2.18. The van der Waals surface area contributed by atoms with Gasteiger partial charge in [0.05, 0.1) is 22.0 Å². The summed E-state index contributed by atoms with van der Waals surface area (Å²) in [5.41, 5.74) is 1.13. The zero-order chi connectivity index (χ0) is 21.9. The van der Waals surface area contributed by atoms with E-state index < -0.39 is 12.3 Å². The van der Waals surface area contributed by atoms with Crippen LogP contribution in [0.5, 0.6) is 5.75 Å². The number of ether oxygens (including phenoxy) is 3. The first kappa shape index (κ1) is 22.3. The van der Waals surface area contributed by atoms with Crippen molar-refractivity contribution < 1.29 is 32.2 Å². The number of hydrogen-bond donors (Lipinski definition) is 0. The summed E-state index contributed by atoms with van der Waals surface area (Å²) in [6.07, 6.45) is -4.84. The van der Waals surface area contributed by atoms with Crippen LogP contribution in [0.15, 0.2) is 39.9 Å². The molecule has 6 nitrogen and oxygen atoms in total.